The number of amides is 1. The van der Waals surface area contributed by atoms with Gasteiger partial charge in [-0.3, -0.25) is 4.79 Å². The van der Waals surface area contributed by atoms with Crippen LogP contribution in [-0.4, -0.2) is 45.9 Å². The molecule has 4 rings (SSSR count). The van der Waals surface area contributed by atoms with E-state index < -0.39 is 0 Å². The second-order valence-corrected chi connectivity index (χ2v) is 8.06. The fraction of sp³-hybridized carbons (Fsp3) is 0.333. The van der Waals surface area contributed by atoms with Crippen LogP contribution in [0.5, 0.6) is 0 Å². The van der Waals surface area contributed by atoms with Crippen molar-refractivity contribution in [3.8, 4) is 16.9 Å². The fourth-order valence-corrected chi connectivity index (χ4v) is 4.07. The molecule has 0 N–H and O–H groups in total. The zero-order valence-electron chi connectivity index (χ0n) is 17.7. The molecule has 2 atom stereocenters. The van der Waals surface area contributed by atoms with Gasteiger partial charge in [0.25, 0.3) is 5.91 Å². The summed E-state index contributed by atoms with van der Waals surface area (Å²) in [7, 11) is 0. The molecule has 0 saturated carbocycles. The van der Waals surface area contributed by atoms with Gasteiger partial charge in [-0.15, -0.1) is 0 Å². The van der Waals surface area contributed by atoms with Crippen LogP contribution in [0.4, 0.5) is 4.39 Å². The summed E-state index contributed by atoms with van der Waals surface area (Å²) in [6.45, 7) is 8.95. The van der Waals surface area contributed by atoms with Crippen LogP contribution < -0.4 is 0 Å². The topological polar surface area (TPSA) is 47.4 Å². The Kier molecular flexibility index (Phi) is 5.43. The van der Waals surface area contributed by atoms with E-state index in [0.29, 0.717) is 30.0 Å². The highest BCUT2D eigenvalue weighted by atomic mass is 19.1. The molecule has 1 amide bonds. The maximum absolute atomic E-state index is 14.4. The summed E-state index contributed by atoms with van der Waals surface area (Å²) in [4.78, 5) is 15.3. The Morgan fingerprint density at radius 1 is 1.07 bits per heavy atom. The van der Waals surface area contributed by atoms with Crippen molar-refractivity contribution < 1.29 is 13.9 Å². The zero-order chi connectivity index (χ0) is 21.4. The number of aryl methyl sites for hydroxylation is 2. The smallest absolute Gasteiger partial charge is 0.272 e. The number of aromatic nitrogens is 2. The first kappa shape index (κ1) is 20.3. The average molecular weight is 407 g/mol. The van der Waals surface area contributed by atoms with Crippen molar-refractivity contribution in [3.63, 3.8) is 0 Å². The molecular formula is C24H26FN3O2. The molecule has 156 valence electrons. The van der Waals surface area contributed by atoms with Gasteiger partial charge in [0, 0.05) is 18.7 Å². The Morgan fingerprint density at radius 2 is 1.77 bits per heavy atom. The van der Waals surface area contributed by atoms with Crippen LogP contribution in [0.3, 0.4) is 0 Å². The molecular weight excluding hydrogens is 381 g/mol. The SMILES string of the molecule is Cc1ccc(-n2nc(-c3ccccc3F)cc2C(=O)N2CC(C)OC(C)C2)c(C)c1. The molecule has 3 aromatic rings. The summed E-state index contributed by atoms with van der Waals surface area (Å²) in [5.41, 5.74) is 4.16. The van der Waals surface area contributed by atoms with Gasteiger partial charge < -0.3 is 9.64 Å². The van der Waals surface area contributed by atoms with Gasteiger partial charge in [-0.2, -0.15) is 5.10 Å². The lowest BCUT2D eigenvalue weighted by molar-refractivity contribution is -0.0588. The van der Waals surface area contributed by atoms with Crippen molar-refractivity contribution in [3.05, 3.63) is 71.2 Å². The molecule has 30 heavy (non-hydrogen) atoms. The average Bonchev–Trinajstić information content (AvgIpc) is 3.11. The van der Waals surface area contributed by atoms with Crippen LogP contribution in [0.2, 0.25) is 0 Å². The van der Waals surface area contributed by atoms with E-state index in [-0.39, 0.29) is 23.9 Å². The maximum Gasteiger partial charge on any atom is 0.272 e. The van der Waals surface area contributed by atoms with Crippen LogP contribution in [0.25, 0.3) is 16.9 Å². The van der Waals surface area contributed by atoms with E-state index in [4.69, 9.17) is 4.74 Å². The van der Waals surface area contributed by atoms with Gasteiger partial charge in [0.15, 0.2) is 0 Å². The lowest BCUT2D eigenvalue weighted by Crippen LogP contribution is -2.48. The Labute approximate surface area is 176 Å². The lowest BCUT2D eigenvalue weighted by Gasteiger charge is -2.35. The molecule has 0 radical (unpaired) electrons. The summed E-state index contributed by atoms with van der Waals surface area (Å²) in [6.07, 6.45) is -0.0811. The largest absolute Gasteiger partial charge is 0.372 e. The van der Waals surface area contributed by atoms with E-state index >= 15 is 0 Å². The second kappa shape index (κ2) is 8.03. The summed E-state index contributed by atoms with van der Waals surface area (Å²) in [5.74, 6) is -0.498. The summed E-state index contributed by atoms with van der Waals surface area (Å²) in [5, 5.41) is 4.65. The van der Waals surface area contributed by atoms with Gasteiger partial charge in [-0.05, 0) is 57.5 Å². The molecule has 1 saturated heterocycles. The number of morpholine rings is 1. The molecule has 1 aliphatic rings. The lowest BCUT2D eigenvalue weighted by atomic mass is 10.1. The Morgan fingerprint density at radius 3 is 2.43 bits per heavy atom. The van der Waals surface area contributed by atoms with Crippen LogP contribution in [0, 0.1) is 19.7 Å². The number of rotatable bonds is 3. The Bertz CT molecular complexity index is 1080. The molecule has 2 unspecified atom stereocenters. The highest BCUT2D eigenvalue weighted by Gasteiger charge is 2.30. The normalized spacial score (nSPS) is 19.2. The number of hydrogen-bond acceptors (Lipinski definition) is 3. The molecule has 1 fully saturated rings. The van der Waals surface area contributed by atoms with Crippen molar-refractivity contribution in [2.45, 2.75) is 39.9 Å². The monoisotopic (exact) mass is 407 g/mol. The van der Waals surface area contributed by atoms with Crippen molar-refractivity contribution in [1.82, 2.24) is 14.7 Å². The first-order valence-corrected chi connectivity index (χ1v) is 10.2. The molecule has 6 heteroatoms. The van der Waals surface area contributed by atoms with Crippen molar-refractivity contribution in [2.24, 2.45) is 0 Å². The predicted octanol–water partition coefficient (Wildman–Crippen LogP) is 4.54. The van der Waals surface area contributed by atoms with Gasteiger partial charge in [-0.25, -0.2) is 9.07 Å². The first-order valence-electron chi connectivity index (χ1n) is 10.2. The van der Waals surface area contributed by atoms with Gasteiger partial charge in [0.05, 0.1) is 23.6 Å². The quantitative estimate of drug-likeness (QED) is 0.640. The van der Waals surface area contributed by atoms with Crippen LogP contribution in [0.1, 0.15) is 35.5 Å². The summed E-state index contributed by atoms with van der Waals surface area (Å²) >= 11 is 0. The van der Waals surface area contributed by atoms with Gasteiger partial charge in [0.2, 0.25) is 0 Å². The third-order valence-corrected chi connectivity index (χ3v) is 5.37. The number of halogens is 1. The first-order chi connectivity index (χ1) is 14.3. The van der Waals surface area contributed by atoms with Crippen LogP contribution in [-0.2, 0) is 4.74 Å². The predicted molar refractivity (Wildman–Crippen MR) is 114 cm³/mol. The number of carbonyl (C=O) groups excluding carboxylic acids is 1. The van der Waals surface area contributed by atoms with Gasteiger partial charge >= 0.3 is 0 Å². The Hall–Kier alpha value is -2.99. The Balaban J connectivity index is 1.83. The minimum Gasteiger partial charge on any atom is -0.372 e. The minimum absolute atomic E-state index is 0.0405. The van der Waals surface area contributed by atoms with E-state index in [1.807, 2.05) is 45.9 Å². The molecule has 0 bridgehead atoms. The van der Waals surface area contributed by atoms with E-state index in [1.54, 1.807) is 33.8 Å². The van der Waals surface area contributed by atoms with Crippen LogP contribution >= 0.6 is 0 Å². The van der Waals surface area contributed by atoms with E-state index in [0.717, 1.165) is 16.8 Å². The fourth-order valence-electron chi connectivity index (χ4n) is 4.07. The zero-order valence-corrected chi connectivity index (χ0v) is 17.7. The molecule has 1 aliphatic heterocycles. The number of carbonyl (C=O) groups is 1. The summed E-state index contributed by atoms with van der Waals surface area (Å²) < 4.78 is 21.9. The molecule has 2 heterocycles. The molecule has 0 aliphatic carbocycles. The molecule has 2 aromatic carbocycles. The van der Waals surface area contributed by atoms with E-state index in [2.05, 4.69) is 5.10 Å². The highest BCUT2D eigenvalue weighted by Crippen LogP contribution is 2.27. The van der Waals surface area contributed by atoms with Crippen molar-refractivity contribution in [1.29, 1.82) is 0 Å². The molecule has 5 nitrogen and oxygen atoms in total. The third-order valence-electron chi connectivity index (χ3n) is 5.37. The number of nitrogens with zero attached hydrogens (tertiary/aromatic N) is 3. The molecule has 1 aromatic heterocycles. The van der Waals surface area contributed by atoms with Gasteiger partial charge in [0.1, 0.15) is 11.5 Å². The van der Waals surface area contributed by atoms with Crippen LogP contribution in [0.15, 0.2) is 48.5 Å². The van der Waals surface area contributed by atoms with E-state index in [1.165, 1.54) is 6.07 Å². The van der Waals surface area contributed by atoms with Crippen molar-refractivity contribution in [2.75, 3.05) is 13.1 Å². The third kappa shape index (κ3) is 3.87. The van der Waals surface area contributed by atoms with Gasteiger partial charge in [-0.1, -0.05) is 29.8 Å². The van der Waals surface area contributed by atoms with Crippen molar-refractivity contribution >= 4 is 5.91 Å². The maximum atomic E-state index is 14.4. The summed E-state index contributed by atoms with van der Waals surface area (Å²) in [6, 6.07) is 14.2. The number of hydrogen-bond donors (Lipinski definition) is 0. The number of benzene rings is 2. The standard InChI is InChI=1S/C24H26FN3O2/c1-15-9-10-22(16(2)11-15)28-23(24(29)27-13-17(3)30-18(4)14-27)12-21(26-28)19-7-5-6-8-20(19)25/h5-12,17-18H,13-14H2,1-4H3. The highest BCUT2D eigenvalue weighted by molar-refractivity contribution is 5.94. The number of ether oxygens (including phenoxy) is 1. The second-order valence-electron chi connectivity index (χ2n) is 8.06. The van der Waals surface area contributed by atoms with E-state index in [9.17, 15) is 9.18 Å². The minimum atomic E-state index is -0.365. The molecule has 0 spiro atoms.